The summed E-state index contributed by atoms with van der Waals surface area (Å²) >= 11 is 0. The van der Waals surface area contributed by atoms with Crippen LogP contribution in [0.4, 0.5) is 4.39 Å². The Bertz CT molecular complexity index is 418. The number of likely N-dealkylation sites (N-methyl/N-ethyl adjacent to an activating group) is 1. The average molecular weight is 293 g/mol. The van der Waals surface area contributed by atoms with Crippen molar-refractivity contribution in [1.82, 2.24) is 15.1 Å². The van der Waals surface area contributed by atoms with Crippen LogP contribution in [0.3, 0.4) is 0 Å². The number of nitrogens with zero attached hydrogens (tertiary/aromatic N) is 2. The Morgan fingerprint density at radius 2 is 1.95 bits per heavy atom. The van der Waals surface area contributed by atoms with Crippen molar-refractivity contribution in [1.29, 1.82) is 0 Å². The van der Waals surface area contributed by atoms with E-state index in [0.717, 1.165) is 31.6 Å². The average Bonchev–Trinajstić information content (AvgIpc) is 3.01. The minimum absolute atomic E-state index is 0.0837. The Morgan fingerprint density at radius 1 is 1.24 bits per heavy atom. The van der Waals surface area contributed by atoms with E-state index >= 15 is 0 Å². The standard InChI is InChI=1S/C17H28FN3/c1-19-17(15-7-3-4-8-16(15)18)9-12-20(2)13-14-21-10-5-6-11-21/h3-4,7-8,17,19H,5-6,9-14H2,1-2H3. The molecule has 4 heteroatoms. The van der Waals surface area contributed by atoms with Gasteiger partial charge in [0.15, 0.2) is 0 Å². The largest absolute Gasteiger partial charge is 0.313 e. The molecule has 1 unspecified atom stereocenters. The summed E-state index contributed by atoms with van der Waals surface area (Å²) in [6.45, 7) is 5.73. The van der Waals surface area contributed by atoms with Gasteiger partial charge in [-0.1, -0.05) is 18.2 Å². The SMILES string of the molecule is CNC(CCN(C)CCN1CCCC1)c1ccccc1F. The molecule has 0 aromatic heterocycles. The van der Waals surface area contributed by atoms with E-state index in [1.807, 2.05) is 19.2 Å². The van der Waals surface area contributed by atoms with Crippen LogP contribution in [0.5, 0.6) is 0 Å². The maximum Gasteiger partial charge on any atom is 0.127 e. The molecular weight excluding hydrogens is 265 g/mol. The number of rotatable bonds is 8. The van der Waals surface area contributed by atoms with Crippen LogP contribution in [-0.4, -0.2) is 56.6 Å². The summed E-state index contributed by atoms with van der Waals surface area (Å²) < 4.78 is 13.8. The Labute approximate surface area is 128 Å². The van der Waals surface area contributed by atoms with E-state index in [1.54, 1.807) is 6.07 Å². The highest BCUT2D eigenvalue weighted by Crippen LogP contribution is 2.19. The van der Waals surface area contributed by atoms with Gasteiger partial charge in [0.25, 0.3) is 0 Å². The Morgan fingerprint density at radius 3 is 2.62 bits per heavy atom. The molecule has 1 heterocycles. The van der Waals surface area contributed by atoms with Crippen molar-refractivity contribution in [3.63, 3.8) is 0 Å². The minimum atomic E-state index is -0.114. The van der Waals surface area contributed by atoms with Crippen molar-refractivity contribution >= 4 is 0 Å². The Balaban J connectivity index is 1.75. The fourth-order valence-corrected chi connectivity index (χ4v) is 2.99. The van der Waals surface area contributed by atoms with Crippen molar-refractivity contribution in [2.24, 2.45) is 0 Å². The first-order valence-corrected chi connectivity index (χ1v) is 8.03. The van der Waals surface area contributed by atoms with Crippen LogP contribution in [0.2, 0.25) is 0 Å². The third-order valence-corrected chi connectivity index (χ3v) is 4.43. The molecule has 0 saturated carbocycles. The van der Waals surface area contributed by atoms with E-state index in [-0.39, 0.29) is 11.9 Å². The Kier molecular flexibility index (Phi) is 6.61. The van der Waals surface area contributed by atoms with Crippen molar-refractivity contribution < 1.29 is 4.39 Å². The zero-order valence-corrected chi connectivity index (χ0v) is 13.3. The quantitative estimate of drug-likeness (QED) is 0.794. The summed E-state index contributed by atoms with van der Waals surface area (Å²) in [5.41, 5.74) is 0.771. The van der Waals surface area contributed by atoms with Crippen molar-refractivity contribution in [2.45, 2.75) is 25.3 Å². The van der Waals surface area contributed by atoms with Gasteiger partial charge < -0.3 is 15.1 Å². The van der Waals surface area contributed by atoms with Gasteiger partial charge in [-0.2, -0.15) is 0 Å². The topological polar surface area (TPSA) is 18.5 Å². The normalized spacial score (nSPS) is 17.5. The highest BCUT2D eigenvalue weighted by atomic mass is 19.1. The maximum absolute atomic E-state index is 13.8. The molecular formula is C17H28FN3. The monoisotopic (exact) mass is 293 g/mol. The predicted molar refractivity (Wildman–Crippen MR) is 86.0 cm³/mol. The molecule has 1 N–H and O–H groups in total. The summed E-state index contributed by atoms with van der Waals surface area (Å²) in [6.07, 6.45) is 3.62. The molecule has 0 radical (unpaired) electrons. The number of hydrogen-bond donors (Lipinski definition) is 1. The summed E-state index contributed by atoms with van der Waals surface area (Å²) in [5.74, 6) is -0.114. The lowest BCUT2D eigenvalue weighted by molar-refractivity contribution is 0.248. The van der Waals surface area contributed by atoms with E-state index in [0.29, 0.717) is 0 Å². The molecule has 1 aromatic rings. The van der Waals surface area contributed by atoms with Gasteiger partial charge in [-0.15, -0.1) is 0 Å². The minimum Gasteiger partial charge on any atom is -0.313 e. The first kappa shape index (κ1) is 16.4. The number of likely N-dealkylation sites (tertiary alicyclic amines) is 1. The van der Waals surface area contributed by atoms with Crippen LogP contribution in [-0.2, 0) is 0 Å². The van der Waals surface area contributed by atoms with Crippen molar-refractivity contribution in [2.75, 3.05) is 46.8 Å². The lowest BCUT2D eigenvalue weighted by Crippen LogP contribution is -2.33. The third kappa shape index (κ3) is 5.06. The lowest BCUT2D eigenvalue weighted by Gasteiger charge is -2.24. The van der Waals surface area contributed by atoms with E-state index in [4.69, 9.17) is 0 Å². The molecule has 1 aromatic carbocycles. The van der Waals surface area contributed by atoms with Crippen LogP contribution >= 0.6 is 0 Å². The highest BCUT2D eigenvalue weighted by Gasteiger charge is 2.15. The number of hydrogen-bond acceptors (Lipinski definition) is 3. The van der Waals surface area contributed by atoms with E-state index in [9.17, 15) is 4.39 Å². The molecule has 1 fully saturated rings. The molecule has 1 atom stereocenters. The summed E-state index contributed by atoms with van der Waals surface area (Å²) in [4.78, 5) is 4.88. The first-order chi connectivity index (χ1) is 10.2. The number of halogens is 1. The second-order valence-corrected chi connectivity index (χ2v) is 6.00. The van der Waals surface area contributed by atoms with Gasteiger partial charge in [-0.05, 0) is 59.1 Å². The Hall–Kier alpha value is -0.970. The maximum atomic E-state index is 13.8. The van der Waals surface area contributed by atoms with Crippen LogP contribution in [0.1, 0.15) is 30.9 Å². The highest BCUT2D eigenvalue weighted by molar-refractivity contribution is 5.21. The van der Waals surface area contributed by atoms with Crippen LogP contribution < -0.4 is 5.32 Å². The van der Waals surface area contributed by atoms with Gasteiger partial charge in [0, 0.05) is 24.7 Å². The zero-order chi connectivity index (χ0) is 15.1. The van der Waals surface area contributed by atoms with E-state index in [1.165, 1.54) is 32.0 Å². The van der Waals surface area contributed by atoms with Crippen LogP contribution in [0, 0.1) is 5.82 Å². The molecule has 21 heavy (non-hydrogen) atoms. The number of benzene rings is 1. The predicted octanol–water partition coefficient (Wildman–Crippen LogP) is 2.50. The summed E-state index contributed by atoms with van der Waals surface area (Å²) in [5, 5.41) is 3.23. The van der Waals surface area contributed by atoms with Crippen LogP contribution in [0.15, 0.2) is 24.3 Å². The van der Waals surface area contributed by atoms with Gasteiger partial charge >= 0.3 is 0 Å². The molecule has 2 rings (SSSR count). The van der Waals surface area contributed by atoms with E-state index < -0.39 is 0 Å². The number of nitrogens with one attached hydrogen (secondary N) is 1. The summed E-state index contributed by atoms with van der Waals surface area (Å²) in [6, 6.07) is 7.14. The zero-order valence-electron chi connectivity index (χ0n) is 13.3. The van der Waals surface area contributed by atoms with E-state index in [2.05, 4.69) is 22.2 Å². The lowest BCUT2D eigenvalue weighted by atomic mass is 10.0. The smallest absolute Gasteiger partial charge is 0.127 e. The third-order valence-electron chi connectivity index (χ3n) is 4.43. The molecule has 0 bridgehead atoms. The molecule has 3 nitrogen and oxygen atoms in total. The molecule has 0 amide bonds. The fraction of sp³-hybridized carbons (Fsp3) is 0.647. The van der Waals surface area contributed by atoms with Crippen molar-refractivity contribution in [3.8, 4) is 0 Å². The fourth-order valence-electron chi connectivity index (χ4n) is 2.99. The molecule has 118 valence electrons. The molecule has 1 saturated heterocycles. The van der Waals surface area contributed by atoms with Gasteiger partial charge in [-0.25, -0.2) is 4.39 Å². The molecule has 1 aliphatic rings. The first-order valence-electron chi connectivity index (χ1n) is 8.03. The summed E-state index contributed by atoms with van der Waals surface area (Å²) in [7, 11) is 4.06. The van der Waals surface area contributed by atoms with Crippen molar-refractivity contribution in [3.05, 3.63) is 35.6 Å². The molecule has 0 spiro atoms. The molecule has 1 aliphatic heterocycles. The second kappa shape index (κ2) is 8.47. The van der Waals surface area contributed by atoms with Gasteiger partial charge in [0.05, 0.1) is 0 Å². The van der Waals surface area contributed by atoms with Gasteiger partial charge in [0.2, 0.25) is 0 Å². The molecule has 0 aliphatic carbocycles. The van der Waals surface area contributed by atoms with Gasteiger partial charge in [-0.3, -0.25) is 0 Å². The van der Waals surface area contributed by atoms with Crippen LogP contribution in [0.25, 0.3) is 0 Å². The second-order valence-electron chi connectivity index (χ2n) is 6.00. The van der Waals surface area contributed by atoms with Gasteiger partial charge in [0.1, 0.15) is 5.82 Å².